The van der Waals surface area contributed by atoms with Crippen molar-refractivity contribution in [3.63, 3.8) is 0 Å². The van der Waals surface area contributed by atoms with Gasteiger partial charge in [-0.15, -0.1) is 0 Å². The molecule has 1 aliphatic rings. The van der Waals surface area contributed by atoms with Gasteiger partial charge in [0.25, 0.3) is 5.91 Å². The summed E-state index contributed by atoms with van der Waals surface area (Å²) in [6.45, 7) is 2.75. The summed E-state index contributed by atoms with van der Waals surface area (Å²) in [6, 6.07) is 17.1. The van der Waals surface area contributed by atoms with E-state index >= 15 is 0 Å². The van der Waals surface area contributed by atoms with Crippen LogP contribution in [0.2, 0.25) is 5.02 Å². The van der Waals surface area contributed by atoms with Crippen LogP contribution in [0.5, 0.6) is 5.75 Å². The first-order valence-electron chi connectivity index (χ1n) is 11.6. The summed E-state index contributed by atoms with van der Waals surface area (Å²) in [4.78, 5) is 28.6. The third-order valence-electron chi connectivity index (χ3n) is 6.13. The van der Waals surface area contributed by atoms with Gasteiger partial charge in [-0.3, -0.25) is 14.5 Å². The van der Waals surface area contributed by atoms with Crippen LogP contribution in [0.1, 0.15) is 53.9 Å². The number of unbranched alkanes of at least 4 members (excludes halogenated alkanes) is 2. The molecule has 0 saturated heterocycles. The van der Waals surface area contributed by atoms with E-state index in [0.717, 1.165) is 25.3 Å². The minimum atomic E-state index is -0.769. The molecule has 1 aliphatic heterocycles. The second kappa shape index (κ2) is 9.55. The normalized spacial score (nSPS) is 15.0. The summed E-state index contributed by atoms with van der Waals surface area (Å²) in [5.41, 5.74) is 1.11. The first-order valence-corrected chi connectivity index (χ1v) is 11.9. The van der Waals surface area contributed by atoms with E-state index in [2.05, 4.69) is 6.92 Å². The highest BCUT2D eigenvalue weighted by Gasteiger charge is 2.43. The largest absolute Gasteiger partial charge is 0.494 e. The van der Waals surface area contributed by atoms with Gasteiger partial charge >= 0.3 is 0 Å². The first kappa shape index (κ1) is 23.1. The lowest BCUT2D eigenvalue weighted by atomic mass is 9.98. The Hall–Kier alpha value is -3.64. The molecule has 1 atom stereocenters. The van der Waals surface area contributed by atoms with E-state index in [9.17, 15) is 14.0 Å². The van der Waals surface area contributed by atoms with Crippen LogP contribution in [-0.4, -0.2) is 12.5 Å². The third-order valence-corrected chi connectivity index (χ3v) is 6.37. The fourth-order valence-corrected chi connectivity index (χ4v) is 4.63. The zero-order valence-corrected chi connectivity index (χ0v) is 19.8. The Balaban J connectivity index is 1.63. The van der Waals surface area contributed by atoms with Gasteiger partial charge in [-0.1, -0.05) is 49.6 Å². The van der Waals surface area contributed by atoms with Crippen LogP contribution in [-0.2, 0) is 0 Å². The summed E-state index contributed by atoms with van der Waals surface area (Å²) < 4.78 is 25.6. The number of hydrogen-bond acceptors (Lipinski definition) is 4. The minimum absolute atomic E-state index is 0.0565. The van der Waals surface area contributed by atoms with Gasteiger partial charge in [0, 0.05) is 10.7 Å². The monoisotopic (exact) mass is 491 g/mol. The molecular formula is C28H23ClFNO4. The van der Waals surface area contributed by atoms with Gasteiger partial charge in [-0.05, 0) is 60.5 Å². The Labute approximate surface area is 206 Å². The SMILES string of the molecule is CCCCCOc1ccc(C2c3c(oc4ccc(F)cc4c3=O)C(=O)N2c2cccc(Cl)c2)cc1. The summed E-state index contributed by atoms with van der Waals surface area (Å²) in [5, 5.41) is 0.540. The molecule has 5 rings (SSSR count). The van der Waals surface area contributed by atoms with Crippen molar-refractivity contribution in [2.45, 2.75) is 32.2 Å². The predicted molar refractivity (Wildman–Crippen MR) is 134 cm³/mol. The molecule has 3 aromatic carbocycles. The fraction of sp³-hybridized carbons (Fsp3) is 0.214. The van der Waals surface area contributed by atoms with Crippen molar-refractivity contribution < 1.29 is 18.3 Å². The number of carbonyl (C=O) groups is 1. The van der Waals surface area contributed by atoms with Crippen LogP contribution in [0, 0.1) is 5.82 Å². The molecular weight excluding hydrogens is 469 g/mol. The molecule has 2 heterocycles. The molecule has 35 heavy (non-hydrogen) atoms. The van der Waals surface area contributed by atoms with Crippen molar-refractivity contribution in [1.82, 2.24) is 0 Å². The molecule has 4 aromatic rings. The van der Waals surface area contributed by atoms with E-state index in [-0.39, 0.29) is 22.3 Å². The Bertz CT molecular complexity index is 1460. The van der Waals surface area contributed by atoms with Crippen molar-refractivity contribution in [1.29, 1.82) is 0 Å². The first-order chi connectivity index (χ1) is 17.0. The zero-order chi connectivity index (χ0) is 24.5. The average molecular weight is 492 g/mol. The number of nitrogens with zero attached hydrogens (tertiary/aromatic N) is 1. The predicted octanol–water partition coefficient (Wildman–Crippen LogP) is 6.90. The highest BCUT2D eigenvalue weighted by atomic mass is 35.5. The van der Waals surface area contributed by atoms with Crippen LogP contribution in [0.25, 0.3) is 11.0 Å². The van der Waals surface area contributed by atoms with Crippen molar-refractivity contribution in [2.75, 3.05) is 11.5 Å². The number of carbonyl (C=O) groups excluding carboxylic acids is 1. The molecule has 0 bridgehead atoms. The lowest BCUT2D eigenvalue weighted by Crippen LogP contribution is -2.29. The second-order valence-corrected chi connectivity index (χ2v) is 8.93. The van der Waals surface area contributed by atoms with Crippen molar-refractivity contribution in [2.24, 2.45) is 0 Å². The molecule has 0 fully saturated rings. The van der Waals surface area contributed by atoms with Gasteiger partial charge < -0.3 is 9.15 Å². The number of ether oxygens (including phenoxy) is 1. The maximum atomic E-state index is 14.0. The number of fused-ring (bicyclic) bond motifs is 2. The van der Waals surface area contributed by atoms with Crippen molar-refractivity contribution >= 4 is 34.2 Å². The average Bonchev–Trinajstić information content (AvgIpc) is 3.15. The lowest BCUT2D eigenvalue weighted by Gasteiger charge is -2.25. The molecule has 0 N–H and O–H groups in total. The molecule has 0 radical (unpaired) electrons. The Morgan fingerprint density at radius 1 is 1.03 bits per heavy atom. The van der Waals surface area contributed by atoms with Crippen LogP contribution in [0.4, 0.5) is 10.1 Å². The molecule has 1 amide bonds. The number of hydrogen-bond donors (Lipinski definition) is 0. The van der Waals surface area contributed by atoms with Gasteiger partial charge in [-0.25, -0.2) is 4.39 Å². The Morgan fingerprint density at radius 3 is 2.57 bits per heavy atom. The van der Waals surface area contributed by atoms with E-state index in [1.165, 1.54) is 17.0 Å². The number of halogens is 2. The van der Waals surface area contributed by atoms with Gasteiger partial charge in [0.1, 0.15) is 17.1 Å². The van der Waals surface area contributed by atoms with Gasteiger partial charge in [0.05, 0.1) is 23.6 Å². The smallest absolute Gasteiger partial charge is 0.295 e. The van der Waals surface area contributed by atoms with Gasteiger partial charge in [-0.2, -0.15) is 0 Å². The van der Waals surface area contributed by atoms with Crippen molar-refractivity contribution in [3.05, 3.63) is 105 Å². The highest BCUT2D eigenvalue weighted by molar-refractivity contribution is 6.31. The molecule has 0 spiro atoms. The Morgan fingerprint density at radius 2 is 1.83 bits per heavy atom. The quantitative estimate of drug-likeness (QED) is 0.264. The fourth-order valence-electron chi connectivity index (χ4n) is 4.44. The summed E-state index contributed by atoms with van der Waals surface area (Å²) in [6.07, 6.45) is 3.17. The molecule has 0 aliphatic carbocycles. The Kier molecular flexibility index (Phi) is 6.31. The topological polar surface area (TPSA) is 59.8 Å². The van der Waals surface area contributed by atoms with E-state index < -0.39 is 23.2 Å². The van der Waals surface area contributed by atoms with E-state index in [4.69, 9.17) is 20.8 Å². The zero-order valence-electron chi connectivity index (χ0n) is 19.1. The number of rotatable bonds is 7. The summed E-state index contributed by atoms with van der Waals surface area (Å²) >= 11 is 6.22. The number of amides is 1. The molecule has 1 aromatic heterocycles. The minimum Gasteiger partial charge on any atom is -0.494 e. The van der Waals surface area contributed by atoms with Gasteiger partial charge in [0.2, 0.25) is 5.76 Å². The van der Waals surface area contributed by atoms with E-state index in [1.807, 2.05) is 24.3 Å². The maximum Gasteiger partial charge on any atom is 0.295 e. The molecule has 0 saturated carbocycles. The van der Waals surface area contributed by atoms with E-state index in [1.54, 1.807) is 24.3 Å². The van der Waals surface area contributed by atoms with Crippen LogP contribution in [0.15, 0.2) is 75.9 Å². The maximum absolute atomic E-state index is 14.0. The number of anilines is 1. The molecule has 5 nitrogen and oxygen atoms in total. The van der Waals surface area contributed by atoms with E-state index in [0.29, 0.717) is 28.6 Å². The molecule has 7 heteroatoms. The standard InChI is InChI=1S/C28H23ClFNO4/c1-2-3-4-14-34-21-11-8-17(9-12-21)25-24-26(32)22-16-19(30)10-13-23(22)35-27(24)28(33)31(25)20-7-5-6-18(29)15-20/h5-13,15-16,25H,2-4,14H2,1H3. The lowest BCUT2D eigenvalue weighted by molar-refractivity contribution is 0.0971. The van der Waals surface area contributed by atoms with Crippen molar-refractivity contribution in [3.8, 4) is 5.75 Å². The molecule has 178 valence electrons. The molecule has 1 unspecified atom stereocenters. The van der Waals surface area contributed by atoms with Crippen LogP contribution >= 0.6 is 11.6 Å². The van der Waals surface area contributed by atoms with Crippen LogP contribution < -0.4 is 15.1 Å². The number of benzene rings is 3. The second-order valence-electron chi connectivity index (χ2n) is 8.50. The summed E-state index contributed by atoms with van der Waals surface area (Å²) in [7, 11) is 0. The summed E-state index contributed by atoms with van der Waals surface area (Å²) in [5.74, 6) is -0.368. The highest BCUT2D eigenvalue weighted by Crippen LogP contribution is 2.42. The van der Waals surface area contributed by atoms with Gasteiger partial charge in [0.15, 0.2) is 5.43 Å². The van der Waals surface area contributed by atoms with Crippen LogP contribution in [0.3, 0.4) is 0 Å². The third kappa shape index (κ3) is 4.30.